The van der Waals surface area contributed by atoms with Gasteiger partial charge in [0.2, 0.25) is 0 Å². The van der Waals surface area contributed by atoms with E-state index in [0.717, 1.165) is 0 Å². The van der Waals surface area contributed by atoms with Crippen LogP contribution in [0.4, 0.5) is 5.69 Å². The van der Waals surface area contributed by atoms with E-state index in [9.17, 15) is 8.42 Å². The van der Waals surface area contributed by atoms with Crippen molar-refractivity contribution < 1.29 is 17.9 Å². The fraction of sp³-hybridized carbons (Fsp3) is 0.222. The molecule has 5 nitrogen and oxygen atoms in total. The molecule has 2 aromatic rings. The molecule has 0 N–H and O–H groups in total. The maximum Gasteiger partial charge on any atom is 0.266 e. The summed E-state index contributed by atoms with van der Waals surface area (Å²) in [6.45, 7) is 6.10. The molecule has 0 unspecified atom stereocenters. The summed E-state index contributed by atoms with van der Waals surface area (Å²) in [5.41, 5.74) is 0.455. The standard InChI is InChI=1S/C18H19Cl2NO4S/c1-4-12-21(13-6-8-14(9-7-13)25-5-2)26(22,23)16-11-10-15(24-3)17(19)18(16)20/h4,6-11H,1,5,12H2,2-3H3. The van der Waals surface area contributed by atoms with Crippen LogP contribution in [-0.4, -0.2) is 28.7 Å². The minimum atomic E-state index is -3.97. The zero-order valence-electron chi connectivity index (χ0n) is 14.4. The van der Waals surface area contributed by atoms with Gasteiger partial charge in [0.15, 0.2) is 0 Å². The van der Waals surface area contributed by atoms with Gasteiger partial charge in [-0.15, -0.1) is 6.58 Å². The van der Waals surface area contributed by atoms with E-state index in [1.807, 2.05) is 6.92 Å². The molecule has 0 heterocycles. The van der Waals surface area contributed by atoms with Crippen LogP contribution in [0, 0.1) is 0 Å². The topological polar surface area (TPSA) is 55.8 Å². The summed E-state index contributed by atoms with van der Waals surface area (Å²) < 4.78 is 38.0. The van der Waals surface area contributed by atoms with Crippen LogP contribution in [0.2, 0.25) is 10.0 Å². The van der Waals surface area contributed by atoms with Crippen molar-refractivity contribution >= 4 is 38.9 Å². The van der Waals surface area contributed by atoms with Gasteiger partial charge < -0.3 is 9.47 Å². The minimum Gasteiger partial charge on any atom is -0.495 e. The molecule has 0 aliphatic carbocycles. The highest BCUT2D eigenvalue weighted by Crippen LogP contribution is 2.38. The smallest absolute Gasteiger partial charge is 0.266 e. The van der Waals surface area contributed by atoms with Gasteiger partial charge in [-0.25, -0.2) is 8.42 Å². The molecule has 26 heavy (non-hydrogen) atoms. The number of hydrogen-bond acceptors (Lipinski definition) is 4. The number of nitrogens with zero attached hydrogens (tertiary/aromatic N) is 1. The first-order valence-electron chi connectivity index (χ1n) is 7.75. The molecule has 0 aliphatic heterocycles. The summed E-state index contributed by atoms with van der Waals surface area (Å²) >= 11 is 12.3. The van der Waals surface area contributed by atoms with E-state index < -0.39 is 10.0 Å². The van der Waals surface area contributed by atoms with E-state index in [-0.39, 0.29) is 21.5 Å². The molecule has 0 fully saturated rings. The first kappa shape index (κ1) is 20.4. The predicted molar refractivity (Wildman–Crippen MR) is 105 cm³/mol. The van der Waals surface area contributed by atoms with Crippen LogP contribution in [0.15, 0.2) is 53.9 Å². The average molecular weight is 416 g/mol. The Labute approximate surface area is 163 Å². The van der Waals surface area contributed by atoms with E-state index in [4.69, 9.17) is 32.7 Å². The van der Waals surface area contributed by atoms with Crippen LogP contribution in [0.3, 0.4) is 0 Å². The number of benzene rings is 2. The van der Waals surface area contributed by atoms with Gasteiger partial charge in [0.1, 0.15) is 21.4 Å². The van der Waals surface area contributed by atoms with Crippen LogP contribution in [0.1, 0.15) is 6.92 Å². The van der Waals surface area contributed by atoms with Gasteiger partial charge in [-0.1, -0.05) is 29.3 Å². The Hall–Kier alpha value is -1.89. The lowest BCUT2D eigenvalue weighted by molar-refractivity contribution is 0.340. The van der Waals surface area contributed by atoms with Crippen molar-refractivity contribution in [3.8, 4) is 11.5 Å². The van der Waals surface area contributed by atoms with Crippen molar-refractivity contribution in [1.29, 1.82) is 0 Å². The summed E-state index contributed by atoms with van der Waals surface area (Å²) in [5, 5.41) is -0.0495. The monoisotopic (exact) mass is 415 g/mol. The Kier molecular flexibility index (Phi) is 6.81. The lowest BCUT2D eigenvalue weighted by Crippen LogP contribution is -2.31. The van der Waals surface area contributed by atoms with E-state index >= 15 is 0 Å². The van der Waals surface area contributed by atoms with Crippen LogP contribution in [-0.2, 0) is 10.0 Å². The lowest BCUT2D eigenvalue weighted by Gasteiger charge is -2.24. The Morgan fingerprint density at radius 2 is 1.77 bits per heavy atom. The van der Waals surface area contributed by atoms with Gasteiger partial charge in [0.05, 0.1) is 31.0 Å². The Balaban J connectivity index is 2.51. The van der Waals surface area contributed by atoms with Crippen molar-refractivity contribution in [2.75, 3.05) is 24.6 Å². The summed E-state index contributed by atoms with van der Waals surface area (Å²) in [7, 11) is -2.54. The summed E-state index contributed by atoms with van der Waals surface area (Å²) in [4.78, 5) is -0.110. The normalized spacial score (nSPS) is 11.1. The zero-order valence-corrected chi connectivity index (χ0v) is 16.7. The molecule has 0 saturated heterocycles. The molecule has 0 aliphatic rings. The van der Waals surface area contributed by atoms with Gasteiger partial charge >= 0.3 is 0 Å². The fourth-order valence-electron chi connectivity index (χ4n) is 2.32. The first-order chi connectivity index (χ1) is 12.4. The molecule has 0 bridgehead atoms. The molecule has 0 amide bonds. The Morgan fingerprint density at radius 1 is 1.12 bits per heavy atom. The fourth-order valence-corrected chi connectivity index (χ4v) is 4.58. The van der Waals surface area contributed by atoms with Crippen LogP contribution < -0.4 is 13.8 Å². The summed E-state index contributed by atoms with van der Waals surface area (Å²) in [5.74, 6) is 0.949. The van der Waals surface area contributed by atoms with Gasteiger partial charge in [-0.05, 0) is 43.3 Å². The van der Waals surface area contributed by atoms with E-state index in [0.29, 0.717) is 23.8 Å². The van der Waals surface area contributed by atoms with Gasteiger partial charge in [0, 0.05) is 0 Å². The van der Waals surface area contributed by atoms with E-state index in [1.165, 1.54) is 29.6 Å². The molecule has 0 spiro atoms. The molecule has 2 aromatic carbocycles. The molecular formula is C18H19Cl2NO4S. The second-order valence-electron chi connectivity index (χ2n) is 5.15. The third kappa shape index (κ3) is 4.09. The summed E-state index contributed by atoms with van der Waals surface area (Å²) in [6.07, 6.45) is 1.49. The van der Waals surface area contributed by atoms with Crippen LogP contribution in [0.25, 0.3) is 0 Å². The highest BCUT2D eigenvalue weighted by Gasteiger charge is 2.28. The van der Waals surface area contributed by atoms with Gasteiger partial charge in [-0.2, -0.15) is 0 Å². The largest absolute Gasteiger partial charge is 0.495 e. The number of sulfonamides is 1. The highest BCUT2D eigenvalue weighted by atomic mass is 35.5. The quantitative estimate of drug-likeness (QED) is 0.581. The summed E-state index contributed by atoms with van der Waals surface area (Å²) in [6, 6.07) is 9.55. The molecule has 0 aromatic heterocycles. The number of hydrogen-bond donors (Lipinski definition) is 0. The van der Waals surface area contributed by atoms with Crippen molar-refractivity contribution in [3.05, 3.63) is 59.1 Å². The van der Waals surface area contributed by atoms with Crippen LogP contribution >= 0.6 is 23.2 Å². The number of ether oxygens (including phenoxy) is 2. The third-order valence-corrected chi connectivity index (χ3v) is 6.34. The number of anilines is 1. The van der Waals surface area contributed by atoms with Crippen molar-refractivity contribution in [3.63, 3.8) is 0 Å². The zero-order chi connectivity index (χ0) is 19.3. The molecule has 140 valence electrons. The van der Waals surface area contributed by atoms with Gasteiger partial charge in [0.25, 0.3) is 10.0 Å². The molecule has 0 atom stereocenters. The second kappa shape index (κ2) is 8.66. The molecule has 2 rings (SSSR count). The molecule has 0 saturated carbocycles. The van der Waals surface area contributed by atoms with E-state index in [1.54, 1.807) is 24.3 Å². The van der Waals surface area contributed by atoms with Gasteiger partial charge in [-0.3, -0.25) is 4.31 Å². The first-order valence-corrected chi connectivity index (χ1v) is 9.94. The Morgan fingerprint density at radius 3 is 2.31 bits per heavy atom. The van der Waals surface area contributed by atoms with Crippen LogP contribution in [0.5, 0.6) is 11.5 Å². The Bertz CT molecular complexity index is 883. The number of methoxy groups -OCH3 is 1. The SMILES string of the molecule is C=CCN(c1ccc(OCC)cc1)S(=O)(=O)c1ccc(OC)c(Cl)c1Cl. The van der Waals surface area contributed by atoms with E-state index in [2.05, 4.69) is 6.58 Å². The average Bonchev–Trinajstić information content (AvgIpc) is 2.62. The third-order valence-electron chi connectivity index (χ3n) is 3.53. The van der Waals surface area contributed by atoms with Crippen molar-refractivity contribution in [1.82, 2.24) is 0 Å². The molecule has 8 heteroatoms. The second-order valence-corrected chi connectivity index (χ2v) is 7.73. The minimum absolute atomic E-state index is 0.0421. The predicted octanol–water partition coefficient (Wildman–Crippen LogP) is 4.78. The number of halogens is 2. The molecule has 0 radical (unpaired) electrons. The maximum atomic E-state index is 13.2. The lowest BCUT2D eigenvalue weighted by atomic mass is 10.3. The van der Waals surface area contributed by atoms with Crippen molar-refractivity contribution in [2.24, 2.45) is 0 Å². The van der Waals surface area contributed by atoms with Crippen molar-refractivity contribution in [2.45, 2.75) is 11.8 Å². The molecular weight excluding hydrogens is 397 g/mol. The highest BCUT2D eigenvalue weighted by molar-refractivity contribution is 7.93. The number of rotatable bonds is 8. The maximum absolute atomic E-state index is 13.2.